The third kappa shape index (κ3) is 4.41. The van der Waals surface area contributed by atoms with Gasteiger partial charge in [-0.2, -0.15) is 0 Å². The number of hydrogen-bond acceptors (Lipinski definition) is 5. The molecule has 1 aliphatic carbocycles. The van der Waals surface area contributed by atoms with Crippen LogP contribution in [-0.2, 0) is 13.0 Å². The molecule has 0 saturated carbocycles. The van der Waals surface area contributed by atoms with Crippen LogP contribution in [0.25, 0.3) is 11.0 Å². The zero-order chi connectivity index (χ0) is 20.2. The van der Waals surface area contributed by atoms with Crippen molar-refractivity contribution in [1.29, 1.82) is 0 Å². The van der Waals surface area contributed by atoms with Gasteiger partial charge < -0.3 is 15.2 Å². The van der Waals surface area contributed by atoms with Crippen LogP contribution in [0.3, 0.4) is 0 Å². The minimum absolute atomic E-state index is 0.381. The smallest absolute Gasteiger partial charge is 0.121 e. The average Bonchev–Trinajstić information content (AvgIpc) is 3.21. The number of H-pyrrole nitrogens is 1. The van der Waals surface area contributed by atoms with E-state index in [9.17, 15) is 0 Å². The molecule has 0 spiro atoms. The largest absolute Gasteiger partial charge is 0.341 e. The number of aryl methyl sites for hydroxylation is 1. The molecule has 1 saturated heterocycles. The van der Waals surface area contributed by atoms with Crippen LogP contribution in [0.1, 0.15) is 42.4 Å². The Kier molecular flexibility index (Phi) is 6.06. The van der Waals surface area contributed by atoms with Crippen LogP contribution in [0.15, 0.2) is 42.6 Å². The number of imidazole rings is 1. The van der Waals surface area contributed by atoms with Crippen LogP contribution in [0, 0.1) is 0 Å². The highest BCUT2D eigenvalue weighted by Crippen LogP contribution is 2.33. The lowest BCUT2D eigenvalue weighted by molar-refractivity contribution is 0.147. The van der Waals surface area contributed by atoms with Gasteiger partial charge in [-0.05, 0) is 56.0 Å². The molecule has 2 aromatic heterocycles. The first kappa shape index (κ1) is 19.7. The van der Waals surface area contributed by atoms with E-state index in [2.05, 4.69) is 56.5 Å². The Morgan fingerprint density at radius 3 is 2.90 bits per heavy atom. The fourth-order valence-corrected chi connectivity index (χ4v) is 4.99. The fraction of sp³-hybridized carbons (Fsp3) is 0.500. The second kappa shape index (κ2) is 9.25. The second-order valence-corrected chi connectivity index (χ2v) is 8.57. The van der Waals surface area contributed by atoms with Crippen molar-refractivity contribution in [2.45, 2.75) is 38.3 Å². The maximum absolute atomic E-state index is 4.86. The number of para-hydroxylation sites is 2. The molecule has 2 aliphatic rings. The van der Waals surface area contributed by atoms with Crippen molar-refractivity contribution in [2.75, 3.05) is 39.3 Å². The number of piperazine rings is 1. The van der Waals surface area contributed by atoms with Gasteiger partial charge in [0, 0.05) is 38.9 Å². The zero-order valence-corrected chi connectivity index (χ0v) is 17.7. The van der Waals surface area contributed by atoms with Gasteiger partial charge in [0.2, 0.25) is 0 Å². The third-order valence-electron chi connectivity index (χ3n) is 6.53. The number of aromatic nitrogens is 3. The van der Waals surface area contributed by atoms with Crippen molar-refractivity contribution in [3.63, 3.8) is 0 Å². The monoisotopic (exact) mass is 404 g/mol. The molecule has 158 valence electrons. The fourth-order valence-electron chi connectivity index (χ4n) is 4.99. The molecule has 0 amide bonds. The Morgan fingerprint density at radius 2 is 2.00 bits per heavy atom. The number of benzene rings is 1. The summed E-state index contributed by atoms with van der Waals surface area (Å²) in [6, 6.07) is 13.0. The summed E-state index contributed by atoms with van der Waals surface area (Å²) in [5.74, 6) is 1.06. The lowest BCUT2D eigenvalue weighted by Gasteiger charge is -2.35. The molecule has 6 nitrogen and oxygen atoms in total. The van der Waals surface area contributed by atoms with E-state index in [1.807, 2.05) is 6.20 Å². The molecule has 5 rings (SSSR count). The number of aromatic amines is 1. The molecular weight excluding hydrogens is 372 g/mol. The predicted molar refractivity (Wildman–Crippen MR) is 120 cm³/mol. The Hall–Kier alpha value is -2.28. The molecule has 0 radical (unpaired) electrons. The van der Waals surface area contributed by atoms with E-state index in [1.165, 1.54) is 37.1 Å². The molecule has 1 atom stereocenters. The van der Waals surface area contributed by atoms with Crippen molar-refractivity contribution in [2.24, 2.45) is 0 Å². The van der Waals surface area contributed by atoms with E-state index >= 15 is 0 Å². The number of nitrogens with zero attached hydrogens (tertiary/aromatic N) is 4. The summed E-state index contributed by atoms with van der Waals surface area (Å²) >= 11 is 0. The quantitative estimate of drug-likeness (QED) is 0.634. The lowest BCUT2D eigenvalue weighted by atomic mass is 9.90. The molecule has 1 unspecified atom stereocenters. The first-order valence-corrected chi connectivity index (χ1v) is 11.4. The minimum Gasteiger partial charge on any atom is -0.341 e. The first-order valence-electron chi connectivity index (χ1n) is 11.4. The van der Waals surface area contributed by atoms with Crippen LogP contribution < -0.4 is 5.32 Å². The maximum atomic E-state index is 4.86. The van der Waals surface area contributed by atoms with E-state index in [4.69, 9.17) is 9.97 Å². The van der Waals surface area contributed by atoms with Crippen LogP contribution >= 0.6 is 0 Å². The Labute approximate surface area is 178 Å². The van der Waals surface area contributed by atoms with E-state index in [1.54, 1.807) is 0 Å². The topological polar surface area (TPSA) is 60.1 Å². The molecule has 0 bridgehead atoms. The van der Waals surface area contributed by atoms with Gasteiger partial charge in [0.15, 0.2) is 0 Å². The molecule has 2 N–H and O–H groups in total. The van der Waals surface area contributed by atoms with Gasteiger partial charge >= 0.3 is 0 Å². The molecular formula is C24H32N6. The molecule has 30 heavy (non-hydrogen) atoms. The number of fused-ring (bicyclic) bond motifs is 2. The lowest BCUT2D eigenvalue weighted by Crippen LogP contribution is -2.44. The average molecular weight is 405 g/mol. The van der Waals surface area contributed by atoms with E-state index in [0.29, 0.717) is 6.04 Å². The van der Waals surface area contributed by atoms with E-state index < -0.39 is 0 Å². The number of rotatable bonds is 7. The second-order valence-electron chi connectivity index (χ2n) is 8.57. The highest BCUT2D eigenvalue weighted by molar-refractivity contribution is 5.74. The van der Waals surface area contributed by atoms with Crippen molar-refractivity contribution >= 4 is 11.0 Å². The van der Waals surface area contributed by atoms with Gasteiger partial charge in [-0.3, -0.25) is 9.88 Å². The van der Waals surface area contributed by atoms with Gasteiger partial charge in [-0.15, -0.1) is 0 Å². The van der Waals surface area contributed by atoms with Crippen molar-refractivity contribution in [3.8, 4) is 0 Å². The van der Waals surface area contributed by atoms with Crippen LogP contribution in [0.4, 0.5) is 0 Å². The highest BCUT2D eigenvalue weighted by atomic mass is 15.2. The summed E-state index contributed by atoms with van der Waals surface area (Å²) in [5.41, 5.74) is 4.87. The van der Waals surface area contributed by atoms with E-state index in [0.717, 1.165) is 62.5 Å². The molecule has 1 aliphatic heterocycles. The first-order chi connectivity index (χ1) is 14.9. The van der Waals surface area contributed by atoms with E-state index in [-0.39, 0.29) is 0 Å². The summed E-state index contributed by atoms with van der Waals surface area (Å²) < 4.78 is 0. The maximum Gasteiger partial charge on any atom is 0.121 e. The number of pyridine rings is 1. The summed E-state index contributed by atoms with van der Waals surface area (Å²) in [7, 11) is 0. The normalized spacial score (nSPS) is 20.0. The standard InChI is InChI=1S/C24H32N6/c1-2-9-21-20(8-1)27-23(28-21)18-30(15-5-14-29-16-12-25-13-17-29)22-10-3-6-19-7-4-11-26-24(19)22/h1-2,4,7-9,11,22,25H,3,5-6,10,12-18H2,(H,27,28). The predicted octanol–water partition coefficient (Wildman–Crippen LogP) is 3.13. The summed E-state index contributed by atoms with van der Waals surface area (Å²) in [5, 5.41) is 3.45. The molecule has 3 heterocycles. The van der Waals surface area contributed by atoms with Gasteiger partial charge in [0.25, 0.3) is 0 Å². The summed E-state index contributed by atoms with van der Waals surface area (Å²) in [4.78, 5) is 18.4. The Bertz CT molecular complexity index is 928. The molecule has 1 aromatic carbocycles. The van der Waals surface area contributed by atoms with Crippen LogP contribution in [-0.4, -0.2) is 64.0 Å². The molecule has 3 aromatic rings. The van der Waals surface area contributed by atoms with Crippen LogP contribution in [0.5, 0.6) is 0 Å². The molecule has 6 heteroatoms. The van der Waals surface area contributed by atoms with Gasteiger partial charge in [-0.25, -0.2) is 4.98 Å². The van der Waals surface area contributed by atoms with Gasteiger partial charge in [-0.1, -0.05) is 18.2 Å². The summed E-state index contributed by atoms with van der Waals surface area (Å²) in [6.45, 7) is 7.64. The number of nitrogens with one attached hydrogen (secondary N) is 2. The zero-order valence-electron chi connectivity index (χ0n) is 17.7. The summed E-state index contributed by atoms with van der Waals surface area (Å²) in [6.07, 6.45) is 6.70. The Morgan fingerprint density at radius 1 is 1.10 bits per heavy atom. The van der Waals surface area contributed by atoms with Crippen molar-refractivity contribution < 1.29 is 0 Å². The van der Waals surface area contributed by atoms with Crippen molar-refractivity contribution in [1.82, 2.24) is 30.1 Å². The number of hydrogen-bond donors (Lipinski definition) is 2. The Balaban J connectivity index is 1.34. The van der Waals surface area contributed by atoms with Crippen molar-refractivity contribution in [3.05, 3.63) is 59.7 Å². The SMILES string of the molecule is c1cnc2c(c1)CCCC2N(CCCN1CCNCC1)Cc1nc2ccccc2[nH]1. The minimum atomic E-state index is 0.381. The van der Waals surface area contributed by atoms with Crippen LogP contribution in [0.2, 0.25) is 0 Å². The van der Waals surface area contributed by atoms with Gasteiger partial charge in [0.1, 0.15) is 5.82 Å². The third-order valence-corrected chi connectivity index (χ3v) is 6.53. The van der Waals surface area contributed by atoms with Gasteiger partial charge in [0.05, 0.1) is 29.3 Å². The highest BCUT2D eigenvalue weighted by Gasteiger charge is 2.28. The molecule has 1 fully saturated rings.